The van der Waals surface area contributed by atoms with Crippen LogP contribution in [0.3, 0.4) is 0 Å². The lowest BCUT2D eigenvalue weighted by molar-refractivity contribution is -0.153. The van der Waals surface area contributed by atoms with Crippen molar-refractivity contribution in [2.75, 3.05) is 13.7 Å². The number of ether oxygens (including phenoxy) is 1. The summed E-state index contributed by atoms with van der Waals surface area (Å²) < 4.78 is 4.99. The average Bonchev–Trinajstić information content (AvgIpc) is 3.02. The van der Waals surface area contributed by atoms with Crippen molar-refractivity contribution in [2.45, 2.75) is 38.8 Å². The topological polar surface area (TPSA) is 72.6 Å². The number of fused-ring (bicyclic) bond motifs is 2. The molecule has 134 valence electrons. The number of hydrogen-bond donors (Lipinski definition) is 1. The van der Waals surface area contributed by atoms with Gasteiger partial charge in [-0.15, -0.1) is 0 Å². The van der Waals surface area contributed by atoms with Gasteiger partial charge in [-0.05, 0) is 41.2 Å². The van der Waals surface area contributed by atoms with Crippen molar-refractivity contribution < 1.29 is 14.3 Å². The number of esters is 1. The minimum absolute atomic E-state index is 0.101. The second-order valence-electron chi connectivity index (χ2n) is 8.38. The summed E-state index contributed by atoms with van der Waals surface area (Å²) in [5, 5.41) is 0. The molecule has 5 nitrogen and oxygen atoms in total. The molecule has 1 heterocycles. The molecule has 0 radical (unpaired) electrons. The number of nitrogens with zero attached hydrogens (tertiary/aromatic N) is 1. The largest absolute Gasteiger partial charge is 0.467 e. The minimum Gasteiger partial charge on any atom is -0.467 e. The van der Waals surface area contributed by atoms with Crippen LogP contribution in [0.5, 0.6) is 0 Å². The molecule has 2 N–H and O–H groups in total. The van der Waals surface area contributed by atoms with Crippen molar-refractivity contribution >= 4 is 11.9 Å². The number of nitrogens with two attached hydrogens (primary N) is 1. The summed E-state index contributed by atoms with van der Waals surface area (Å²) in [6.07, 6.45) is 1.66. The van der Waals surface area contributed by atoms with Gasteiger partial charge in [-0.1, -0.05) is 38.1 Å². The Bertz CT molecular complexity index is 704. The Morgan fingerprint density at radius 1 is 1.24 bits per heavy atom. The molecule has 1 saturated heterocycles. The molecule has 25 heavy (non-hydrogen) atoms. The molecule has 1 amide bonds. The third kappa shape index (κ3) is 2.40. The quantitative estimate of drug-likeness (QED) is 0.843. The van der Waals surface area contributed by atoms with E-state index in [1.807, 2.05) is 12.1 Å². The average molecular weight is 342 g/mol. The molecule has 1 aliphatic heterocycles. The van der Waals surface area contributed by atoms with E-state index in [-0.39, 0.29) is 29.1 Å². The van der Waals surface area contributed by atoms with Crippen LogP contribution in [0.2, 0.25) is 0 Å². The second kappa shape index (κ2) is 5.56. The first kappa shape index (κ1) is 16.6. The number of hydrogen-bond acceptors (Lipinski definition) is 4. The fourth-order valence-electron chi connectivity index (χ4n) is 5.14. The number of rotatable bonds is 3. The zero-order valence-electron chi connectivity index (χ0n) is 15.1. The van der Waals surface area contributed by atoms with Crippen LogP contribution in [0.15, 0.2) is 24.3 Å². The Kier molecular flexibility index (Phi) is 3.69. The Labute approximate surface area is 148 Å². The van der Waals surface area contributed by atoms with Crippen molar-refractivity contribution in [2.24, 2.45) is 28.9 Å². The van der Waals surface area contributed by atoms with E-state index in [0.717, 1.165) is 12.8 Å². The van der Waals surface area contributed by atoms with Crippen LogP contribution in [0.25, 0.3) is 0 Å². The summed E-state index contributed by atoms with van der Waals surface area (Å²) in [5.41, 5.74) is 9.04. The molecular formula is C20H26N2O3. The molecule has 1 saturated carbocycles. The van der Waals surface area contributed by atoms with Crippen molar-refractivity contribution in [3.05, 3.63) is 35.4 Å². The SMILES string of the molecule is COC(=O)[C@@H]1[C@@H]2[C@H](CN1C(=O)[C@@H](N)C1Cc3ccccc3C1)C2(C)C. The van der Waals surface area contributed by atoms with Gasteiger partial charge in [-0.3, -0.25) is 4.79 Å². The molecule has 0 aromatic heterocycles. The van der Waals surface area contributed by atoms with Crippen LogP contribution in [0, 0.1) is 23.2 Å². The van der Waals surface area contributed by atoms with Gasteiger partial charge in [0.25, 0.3) is 0 Å². The monoisotopic (exact) mass is 342 g/mol. The first-order valence-electron chi connectivity index (χ1n) is 9.07. The van der Waals surface area contributed by atoms with Gasteiger partial charge in [-0.25, -0.2) is 4.79 Å². The molecule has 4 rings (SSSR count). The fourth-order valence-corrected chi connectivity index (χ4v) is 5.14. The third-order valence-electron chi connectivity index (χ3n) is 6.81. The maximum absolute atomic E-state index is 13.1. The van der Waals surface area contributed by atoms with E-state index >= 15 is 0 Å². The van der Waals surface area contributed by atoms with E-state index in [2.05, 4.69) is 26.0 Å². The van der Waals surface area contributed by atoms with Crippen LogP contribution in [0.1, 0.15) is 25.0 Å². The number of methoxy groups -OCH3 is 1. The van der Waals surface area contributed by atoms with Gasteiger partial charge in [0.1, 0.15) is 6.04 Å². The normalized spacial score (nSPS) is 30.6. The minimum atomic E-state index is -0.569. The van der Waals surface area contributed by atoms with E-state index in [9.17, 15) is 9.59 Å². The molecule has 4 atom stereocenters. The maximum atomic E-state index is 13.1. The van der Waals surface area contributed by atoms with E-state index in [4.69, 9.17) is 10.5 Å². The first-order valence-corrected chi connectivity index (χ1v) is 9.07. The standard InChI is InChI=1S/C20H26N2O3/c1-20(2)14-10-22(17(15(14)20)19(24)25-3)18(23)16(21)13-8-11-6-4-5-7-12(11)9-13/h4-7,13-17H,8-10,21H2,1-3H3/t14-,15-,16-,17-/m0/s1. The van der Waals surface area contributed by atoms with Gasteiger partial charge in [0.05, 0.1) is 13.2 Å². The first-order chi connectivity index (χ1) is 11.9. The molecule has 0 unspecified atom stereocenters. The van der Waals surface area contributed by atoms with Crippen molar-refractivity contribution in [3.8, 4) is 0 Å². The Morgan fingerprint density at radius 3 is 2.40 bits per heavy atom. The molecule has 1 aromatic rings. The highest BCUT2D eigenvalue weighted by atomic mass is 16.5. The van der Waals surface area contributed by atoms with E-state index < -0.39 is 12.1 Å². The van der Waals surface area contributed by atoms with Crippen LogP contribution in [-0.2, 0) is 27.2 Å². The van der Waals surface area contributed by atoms with Gasteiger partial charge < -0.3 is 15.4 Å². The van der Waals surface area contributed by atoms with Gasteiger partial charge >= 0.3 is 5.97 Å². The van der Waals surface area contributed by atoms with Crippen molar-refractivity contribution in [3.63, 3.8) is 0 Å². The Hall–Kier alpha value is -1.88. The van der Waals surface area contributed by atoms with Crippen LogP contribution < -0.4 is 5.73 Å². The van der Waals surface area contributed by atoms with Crippen LogP contribution >= 0.6 is 0 Å². The highest BCUT2D eigenvalue weighted by Crippen LogP contribution is 2.65. The maximum Gasteiger partial charge on any atom is 0.328 e. The van der Waals surface area contributed by atoms with Gasteiger partial charge in [0, 0.05) is 12.5 Å². The molecular weight excluding hydrogens is 316 g/mol. The zero-order valence-corrected chi connectivity index (χ0v) is 15.1. The summed E-state index contributed by atoms with van der Waals surface area (Å²) in [5.74, 6) is 0.253. The van der Waals surface area contributed by atoms with E-state index in [0.29, 0.717) is 12.5 Å². The molecule has 5 heteroatoms. The summed E-state index contributed by atoms with van der Waals surface area (Å²) in [7, 11) is 1.39. The molecule has 2 fully saturated rings. The summed E-state index contributed by atoms with van der Waals surface area (Å²) in [4.78, 5) is 27.1. The van der Waals surface area contributed by atoms with E-state index in [1.165, 1.54) is 18.2 Å². The summed E-state index contributed by atoms with van der Waals surface area (Å²) in [6.45, 7) is 4.94. The lowest BCUT2D eigenvalue weighted by Crippen LogP contribution is -2.54. The summed E-state index contributed by atoms with van der Waals surface area (Å²) >= 11 is 0. The van der Waals surface area contributed by atoms with Gasteiger partial charge in [0.15, 0.2) is 0 Å². The number of carbonyl (C=O) groups excluding carboxylic acids is 2. The molecule has 1 aromatic carbocycles. The van der Waals surface area contributed by atoms with Gasteiger partial charge in [-0.2, -0.15) is 0 Å². The molecule has 3 aliphatic rings. The fraction of sp³-hybridized carbons (Fsp3) is 0.600. The smallest absolute Gasteiger partial charge is 0.328 e. The highest BCUT2D eigenvalue weighted by molar-refractivity contribution is 5.89. The predicted octanol–water partition coefficient (Wildman–Crippen LogP) is 1.38. The zero-order chi connectivity index (χ0) is 17.9. The van der Waals surface area contributed by atoms with Gasteiger partial charge in [0.2, 0.25) is 5.91 Å². The molecule has 0 spiro atoms. The third-order valence-corrected chi connectivity index (χ3v) is 6.81. The number of amides is 1. The molecule has 0 bridgehead atoms. The van der Waals surface area contributed by atoms with Crippen molar-refractivity contribution in [1.29, 1.82) is 0 Å². The Balaban J connectivity index is 1.50. The van der Waals surface area contributed by atoms with Crippen LogP contribution in [0.4, 0.5) is 0 Å². The van der Waals surface area contributed by atoms with Crippen molar-refractivity contribution in [1.82, 2.24) is 4.90 Å². The van der Waals surface area contributed by atoms with E-state index in [1.54, 1.807) is 4.90 Å². The highest BCUT2D eigenvalue weighted by Gasteiger charge is 2.70. The second-order valence-corrected chi connectivity index (χ2v) is 8.38. The molecule has 2 aliphatic carbocycles. The number of benzene rings is 1. The number of likely N-dealkylation sites (tertiary alicyclic amines) is 1. The Morgan fingerprint density at radius 2 is 1.84 bits per heavy atom. The summed E-state index contributed by atoms with van der Waals surface area (Å²) in [6, 6.07) is 7.22. The lowest BCUT2D eigenvalue weighted by Gasteiger charge is -2.32. The predicted molar refractivity (Wildman–Crippen MR) is 93.6 cm³/mol. The lowest BCUT2D eigenvalue weighted by atomic mass is 9.94. The number of piperidine rings is 1. The number of carbonyl (C=O) groups is 2. The van der Waals surface area contributed by atoms with Crippen LogP contribution in [-0.4, -0.2) is 42.5 Å².